The Bertz CT molecular complexity index is 1020. The molecule has 0 bridgehead atoms. The molecule has 4 heteroatoms. The predicted octanol–water partition coefficient (Wildman–Crippen LogP) is 5.17. The lowest BCUT2D eigenvalue weighted by Crippen LogP contribution is -2.44. The van der Waals surface area contributed by atoms with E-state index in [9.17, 15) is 4.79 Å². The number of amides is 1. The molecule has 1 aromatic heterocycles. The van der Waals surface area contributed by atoms with Gasteiger partial charge in [0.1, 0.15) is 12.4 Å². The number of likely N-dealkylation sites (tertiary alicyclic amines) is 1. The van der Waals surface area contributed by atoms with E-state index in [1.807, 2.05) is 30.3 Å². The number of nitrogens with zero attached hydrogens (tertiary/aromatic N) is 2. The number of carbonyl (C=O) groups excluding carboxylic acids is 1. The van der Waals surface area contributed by atoms with Crippen LogP contribution in [-0.4, -0.2) is 28.9 Å². The van der Waals surface area contributed by atoms with E-state index >= 15 is 0 Å². The molecule has 1 saturated heterocycles. The smallest absolute Gasteiger partial charge is 0.233 e. The van der Waals surface area contributed by atoms with E-state index in [-0.39, 0.29) is 5.41 Å². The molecule has 2 fully saturated rings. The van der Waals surface area contributed by atoms with Gasteiger partial charge in [0.2, 0.25) is 5.91 Å². The Hall–Kier alpha value is -3.14. The minimum Gasteiger partial charge on any atom is -0.487 e. The highest BCUT2D eigenvalue weighted by Gasteiger charge is 2.53. The molecule has 0 N–H and O–H groups in total. The Morgan fingerprint density at radius 2 is 1.66 bits per heavy atom. The summed E-state index contributed by atoms with van der Waals surface area (Å²) in [7, 11) is 0. The van der Waals surface area contributed by atoms with E-state index in [1.54, 1.807) is 12.4 Å². The van der Waals surface area contributed by atoms with Crippen LogP contribution in [0.1, 0.15) is 42.4 Å². The molecule has 1 amide bonds. The molecular formula is C28H30N2O2. The molecular weight excluding hydrogens is 396 g/mol. The first-order valence-corrected chi connectivity index (χ1v) is 11.7. The van der Waals surface area contributed by atoms with Crippen LogP contribution in [0.15, 0.2) is 79.1 Å². The van der Waals surface area contributed by atoms with Crippen molar-refractivity contribution in [2.75, 3.05) is 13.1 Å². The van der Waals surface area contributed by atoms with Gasteiger partial charge in [0.25, 0.3) is 0 Å². The lowest BCUT2D eigenvalue weighted by Gasteiger charge is -2.34. The average molecular weight is 427 g/mol. The Morgan fingerprint density at radius 1 is 0.938 bits per heavy atom. The third-order valence-corrected chi connectivity index (χ3v) is 6.97. The maximum atomic E-state index is 13.3. The van der Waals surface area contributed by atoms with Crippen molar-refractivity contribution in [3.63, 3.8) is 0 Å². The maximum Gasteiger partial charge on any atom is 0.233 e. The number of hydrogen-bond donors (Lipinski definition) is 0. The Kier molecular flexibility index (Phi) is 5.93. The Morgan fingerprint density at radius 3 is 2.31 bits per heavy atom. The summed E-state index contributed by atoms with van der Waals surface area (Å²) in [5.41, 5.74) is 3.48. The fourth-order valence-electron chi connectivity index (χ4n) is 4.86. The van der Waals surface area contributed by atoms with E-state index < -0.39 is 0 Å². The van der Waals surface area contributed by atoms with Crippen molar-refractivity contribution in [2.24, 2.45) is 5.92 Å². The lowest BCUT2D eigenvalue weighted by molar-refractivity contribution is -0.135. The van der Waals surface area contributed by atoms with Gasteiger partial charge in [0.15, 0.2) is 0 Å². The van der Waals surface area contributed by atoms with Gasteiger partial charge in [0, 0.05) is 19.3 Å². The van der Waals surface area contributed by atoms with Gasteiger partial charge >= 0.3 is 0 Å². The summed E-state index contributed by atoms with van der Waals surface area (Å²) in [6.07, 6.45) is 8.71. The highest BCUT2D eigenvalue weighted by Crippen LogP contribution is 2.50. The van der Waals surface area contributed by atoms with Crippen LogP contribution in [0.2, 0.25) is 0 Å². The molecule has 0 radical (unpaired) electrons. The topological polar surface area (TPSA) is 42.4 Å². The van der Waals surface area contributed by atoms with Crippen molar-refractivity contribution in [1.29, 1.82) is 0 Å². The normalized spacial score (nSPS) is 17.7. The van der Waals surface area contributed by atoms with Crippen LogP contribution in [0.25, 0.3) is 0 Å². The monoisotopic (exact) mass is 426 g/mol. The van der Waals surface area contributed by atoms with Gasteiger partial charge in [-0.1, -0.05) is 54.6 Å². The number of pyridine rings is 1. The van der Waals surface area contributed by atoms with Gasteiger partial charge in [-0.25, -0.2) is 0 Å². The molecule has 3 aromatic rings. The number of carbonyl (C=O) groups is 1. The Labute approximate surface area is 190 Å². The summed E-state index contributed by atoms with van der Waals surface area (Å²) in [6, 6.07) is 22.9. The fraction of sp³-hybridized carbons (Fsp3) is 0.357. The predicted molar refractivity (Wildman–Crippen MR) is 125 cm³/mol. The van der Waals surface area contributed by atoms with Crippen LogP contribution >= 0.6 is 0 Å². The number of piperidine rings is 1. The first-order valence-electron chi connectivity index (χ1n) is 11.7. The van der Waals surface area contributed by atoms with Crippen molar-refractivity contribution in [3.05, 3.63) is 95.8 Å². The number of ether oxygens (including phenoxy) is 1. The molecule has 2 aliphatic rings. The number of aromatic nitrogens is 1. The third kappa shape index (κ3) is 4.55. The second-order valence-electron chi connectivity index (χ2n) is 9.18. The summed E-state index contributed by atoms with van der Waals surface area (Å²) in [5.74, 6) is 1.78. The highest BCUT2D eigenvalue weighted by atomic mass is 16.5. The zero-order valence-corrected chi connectivity index (χ0v) is 18.5. The van der Waals surface area contributed by atoms with E-state index in [1.165, 1.54) is 11.1 Å². The van der Waals surface area contributed by atoms with Crippen LogP contribution in [0.3, 0.4) is 0 Å². The van der Waals surface area contributed by atoms with Crippen LogP contribution in [0.4, 0.5) is 0 Å². The van der Waals surface area contributed by atoms with Gasteiger partial charge in [0.05, 0.1) is 11.6 Å². The average Bonchev–Trinajstić information content (AvgIpc) is 3.67. The van der Waals surface area contributed by atoms with Gasteiger partial charge in [-0.2, -0.15) is 0 Å². The number of benzene rings is 2. The molecule has 164 valence electrons. The standard InChI is InChI=1S/C28H30N2O2/c31-27(28(14-15-28)25-5-2-1-3-6-25)30-17-12-23(13-18-30)19-22-8-10-24(11-9-22)21-32-26-7-4-16-29-20-26/h1-11,16,20,23H,12-15,17-19,21H2. The van der Waals surface area contributed by atoms with Crippen molar-refractivity contribution in [2.45, 2.75) is 44.1 Å². The molecule has 2 aromatic carbocycles. The fourth-order valence-corrected chi connectivity index (χ4v) is 4.86. The van der Waals surface area contributed by atoms with Crippen molar-refractivity contribution < 1.29 is 9.53 Å². The summed E-state index contributed by atoms with van der Waals surface area (Å²) in [4.78, 5) is 19.5. The van der Waals surface area contributed by atoms with Crippen molar-refractivity contribution >= 4 is 5.91 Å². The molecule has 1 aliphatic heterocycles. The van der Waals surface area contributed by atoms with E-state index in [4.69, 9.17) is 4.74 Å². The molecule has 1 saturated carbocycles. The van der Waals surface area contributed by atoms with Gasteiger partial charge in [-0.05, 0) is 66.8 Å². The zero-order chi connectivity index (χ0) is 21.8. The molecule has 0 unspecified atom stereocenters. The van der Waals surface area contributed by atoms with Crippen LogP contribution < -0.4 is 4.74 Å². The minimum absolute atomic E-state index is 0.234. The van der Waals surface area contributed by atoms with Crippen LogP contribution in [0, 0.1) is 5.92 Å². The lowest BCUT2D eigenvalue weighted by atomic mass is 9.88. The summed E-state index contributed by atoms with van der Waals surface area (Å²) in [5, 5.41) is 0. The van der Waals surface area contributed by atoms with E-state index in [0.29, 0.717) is 18.4 Å². The molecule has 0 atom stereocenters. The summed E-state index contributed by atoms with van der Waals surface area (Å²) < 4.78 is 5.78. The Balaban J connectivity index is 1.11. The number of rotatable bonds is 7. The molecule has 0 spiro atoms. The highest BCUT2D eigenvalue weighted by molar-refractivity contribution is 5.91. The van der Waals surface area contributed by atoms with E-state index in [2.05, 4.69) is 46.3 Å². The van der Waals surface area contributed by atoms with Crippen LogP contribution in [0.5, 0.6) is 5.75 Å². The molecule has 32 heavy (non-hydrogen) atoms. The van der Waals surface area contributed by atoms with Crippen LogP contribution in [-0.2, 0) is 23.2 Å². The zero-order valence-electron chi connectivity index (χ0n) is 18.5. The second-order valence-corrected chi connectivity index (χ2v) is 9.18. The number of hydrogen-bond acceptors (Lipinski definition) is 3. The molecule has 5 rings (SSSR count). The maximum absolute atomic E-state index is 13.3. The second kappa shape index (κ2) is 9.15. The third-order valence-electron chi connectivity index (χ3n) is 6.97. The first-order chi connectivity index (χ1) is 15.7. The molecule has 2 heterocycles. The summed E-state index contributed by atoms with van der Waals surface area (Å²) >= 11 is 0. The van der Waals surface area contributed by atoms with Gasteiger partial charge in [-0.15, -0.1) is 0 Å². The van der Waals surface area contributed by atoms with Gasteiger partial charge in [-0.3, -0.25) is 9.78 Å². The first kappa shape index (κ1) is 20.7. The summed E-state index contributed by atoms with van der Waals surface area (Å²) in [6.45, 7) is 2.32. The SMILES string of the molecule is O=C(N1CCC(Cc2ccc(COc3cccnc3)cc2)CC1)C1(c2ccccc2)CC1. The largest absolute Gasteiger partial charge is 0.487 e. The van der Waals surface area contributed by atoms with Crippen molar-refractivity contribution in [1.82, 2.24) is 9.88 Å². The van der Waals surface area contributed by atoms with E-state index in [0.717, 1.165) is 56.5 Å². The molecule has 1 aliphatic carbocycles. The quantitative estimate of drug-likeness (QED) is 0.523. The minimum atomic E-state index is -0.234. The van der Waals surface area contributed by atoms with Gasteiger partial charge < -0.3 is 9.64 Å². The van der Waals surface area contributed by atoms with Crippen molar-refractivity contribution in [3.8, 4) is 5.75 Å². The molecule has 4 nitrogen and oxygen atoms in total.